The molecule has 0 aliphatic heterocycles. The molecule has 0 aliphatic carbocycles. The first kappa shape index (κ1) is 32.2. The number of benzene rings is 6. The molecule has 0 amide bonds. The Kier molecular flexibility index (Phi) is 9.47. The summed E-state index contributed by atoms with van der Waals surface area (Å²) in [4.78, 5) is 11.8. The van der Waals surface area contributed by atoms with Crippen LogP contribution in [0.5, 0.6) is 23.0 Å². The van der Waals surface area contributed by atoms with Gasteiger partial charge >= 0.3 is 0 Å². The second kappa shape index (κ2) is 15.3. The molecule has 5 heteroatoms. The van der Waals surface area contributed by atoms with Gasteiger partial charge in [-0.15, -0.1) is 0 Å². The van der Waals surface area contributed by atoms with Gasteiger partial charge in [0.2, 0.25) is 0 Å². The second-order valence-electron chi connectivity index (χ2n) is 12.2. The number of anilines is 3. The lowest BCUT2D eigenvalue weighted by Crippen LogP contribution is -2.10. The number of pyridine rings is 2. The summed E-state index contributed by atoms with van der Waals surface area (Å²) in [5, 5.41) is 0. The van der Waals surface area contributed by atoms with Crippen LogP contribution in [0.15, 0.2) is 207 Å². The van der Waals surface area contributed by atoms with Crippen molar-refractivity contribution in [2.45, 2.75) is 5.92 Å². The Morgan fingerprint density at radius 2 is 1.06 bits per heavy atom. The summed E-state index contributed by atoms with van der Waals surface area (Å²) in [6.07, 6.45) is 3.69. The molecule has 1 atom stereocenters. The SMILES string of the molecule is c1ccc(Oc2ccccc2[C@H](c2cccc(Oc3cccc(-c4cc(N(c5ccccc5)c5ccccc5)ccn4)c3)c2)c2ccccn2)cc1. The summed E-state index contributed by atoms with van der Waals surface area (Å²) in [7, 11) is 0. The minimum atomic E-state index is -0.194. The Labute approximate surface area is 304 Å². The number of hydrogen-bond acceptors (Lipinski definition) is 5. The first-order valence-electron chi connectivity index (χ1n) is 17.3. The Balaban J connectivity index is 1.11. The molecule has 2 heterocycles. The molecule has 6 aromatic carbocycles. The van der Waals surface area contributed by atoms with E-state index in [0.717, 1.165) is 62.4 Å². The average Bonchev–Trinajstić information content (AvgIpc) is 3.21. The zero-order chi connectivity index (χ0) is 35.0. The van der Waals surface area contributed by atoms with Crippen LogP contribution in [0.3, 0.4) is 0 Å². The van der Waals surface area contributed by atoms with Gasteiger partial charge in [0.15, 0.2) is 0 Å². The van der Waals surface area contributed by atoms with E-state index in [1.54, 1.807) is 0 Å². The lowest BCUT2D eigenvalue weighted by atomic mass is 9.87. The molecule has 8 aromatic rings. The number of ether oxygens (including phenoxy) is 2. The Morgan fingerprint density at radius 3 is 1.79 bits per heavy atom. The van der Waals surface area contributed by atoms with E-state index in [0.29, 0.717) is 5.75 Å². The molecule has 52 heavy (non-hydrogen) atoms. The van der Waals surface area contributed by atoms with Crippen molar-refractivity contribution in [1.29, 1.82) is 0 Å². The highest BCUT2D eigenvalue weighted by Gasteiger charge is 2.23. The molecule has 2 aromatic heterocycles. The molecule has 0 spiro atoms. The topological polar surface area (TPSA) is 47.5 Å². The molecule has 250 valence electrons. The first-order valence-corrected chi connectivity index (χ1v) is 17.3. The van der Waals surface area contributed by atoms with Crippen LogP contribution in [0.2, 0.25) is 0 Å². The fourth-order valence-corrected chi connectivity index (χ4v) is 6.41. The van der Waals surface area contributed by atoms with Crippen LogP contribution < -0.4 is 14.4 Å². The molecule has 0 bridgehead atoms. The quantitative estimate of drug-likeness (QED) is 0.137. The summed E-state index contributed by atoms with van der Waals surface area (Å²) in [6.45, 7) is 0. The van der Waals surface area contributed by atoms with Gasteiger partial charge in [0.25, 0.3) is 0 Å². The maximum Gasteiger partial charge on any atom is 0.131 e. The van der Waals surface area contributed by atoms with Crippen LogP contribution in [0.1, 0.15) is 22.7 Å². The van der Waals surface area contributed by atoms with Crippen molar-refractivity contribution in [3.63, 3.8) is 0 Å². The van der Waals surface area contributed by atoms with Gasteiger partial charge < -0.3 is 14.4 Å². The molecule has 5 nitrogen and oxygen atoms in total. The molecule has 0 unspecified atom stereocenters. The number of rotatable bonds is 11. The molecular formula is C47H35N3O2. The number of para-hydroxylation sites is 4. The lowest BCUT2D eigenvalue weighted by molar-refractivity contribution is 0.473. The largest absolute Gasteiger partial charge is 0.457 e. The van der Waals surface area contributed by atoms with Crippen molar-refractivity contribution >= 4 is 17.1 Å². The number of nitrogens with zero attached hydrogens (tertiary/aromatic N) is 3. The van der Waals surface area contributed by atoms with Gasteiger partial charge in [0, 0.05) is 40.6 Å². The number of hydrogen-bond donors (Lipinski definition) is 0. The van der Waals surface area contributed by atoms with Crippen LogP contribution in [-0.4, -0.2) is 9.97 Å². The summed E-state index contributed by atoms with van der Waals surface area (Å²) in [6, 6.07) is 65.2. The van der Waals surface area contributed by atoms with Crippen LogP contribution in [0.25, 0.3) is 11.3 Å². The van der Waals surface area contributed by atoms with E-state index in [4.69, 9.17) is 19.4 Å². The van der Waals surface area contributed by atoms with E-state index < -0.39 is 0 Å². The summed E-state index contributed by atoms with van der Waals surface area (Å²) < 4.78 is 13.0. The third-order valence-corrected chi connectivity index (χ3v) is 8.77. The molecular weight excluding hydrogens is 639 g/mol. The van der Waals surface area contributed by atoms with E-state index >= 15 is 0 Å². The second-order valence-corrected chi connectivity index (χ2v) is 12.2. The van der Waals surface area contributed by atoms with Crippen LogP contribution >= 0.6 is 0 Å². The summed E-state index contributed by atoms with van der Waals surface area (Å²) >= 11 is 0. The molecule has 0 fully saturated rings. The zero-order valence-electron chi connectivity index (χ0n) is 28.4. The van der Waals surface area contributed by atoms with Crippen molar-refractivity contribution < 1.29 is 9.47 Å². The van der Waals surface area contributed by atoms with E-state index in [1.165, 1.54) is 0 Å². The zero-order valence-corrected chi connectivity index (χ0v) is 28.4. The van der Waals surface area contributed by atoms with Gasteiger partial charge in [-0.3, -0.25) is 9.97 Å². The molecule has 0 N–H and O–H groups in total. The third kappa shape index (κ3) is 7.30. The highest BCUT2D eigenvalue weighted by molar-refractivity contribution is 5.78. The third-order valence-electron chi connectivity index (χ3n) is 8.77. The highest BCUT2D eigenvalue weighted by atomic mass is 16.5. The fourth-order valence-electron chi connectivity index (χ4n) is 6.41. The van der Waals surface area contributed by atoms with Gasteiger partial charge in [-0.2, -0.15) is 0 Å². The lowest BCUT2D eigenvalue weighted by Gasteiger charge is -2.25. The number of aromatic nitrogens is 2. The van der Waals surface area contributed by atoms with Gasteiger partial charge in [0.05, 0.1) is 17.3 Å². The molecule has 0 saturated heterocycles. The van der Waals surface area contributed by atoms with Gasteiger partial charge in [-0.05, 0) is 96.6 Å². The van der Waals surface area contributed by atoms with E-state index in [1.807, 2.05) is 122 Å². The van der Waals surface area contributed by atoms with Gasteiger partial charge in [0.1, 0.15) is 23.0 Å². The summed E-state index contributed by atoms with van der Waals surface area (Å²) in [5.41, 5.74) is 7.91. The highest BCUT2D eigenvalue weighted by Crippen LogP contribution is 2.40. The van der Waals surface area contributed by atoms with E-state index in [2.05, 4.69) is 89.8 Å². The normalized spacial score (nSPS) is 11.4. The van der Waals surface area contributed by atoms with E-state index in [-0.39, 0.29) is 5.92 Å². The average molecular weight is 674 g/mol. The summed E-state index contributed by atoms with van der Waals surface area (Å²) in [5.74, 6) is 2.79. The standard InChI is InChI=1S/C47H35N3O2/c1-4-18-37(19-5-1)50(38-20-6-2-7-21-38)39-29-31-49-45(34-39)35-16-14-24-41(32-35)51-42-25-15-17-36(33-42)47(44-27-12-13-30-48-44)43-26-10-11-28-46(43)52-40-22-8-3-9-23-40/h1-34,47H/t47-/m0/s1. The van der Waals surface area contributed by atoms with Crippen molar-refractivity contribution in [1.82, 2.24) is 9.97 Å². The maximum atomic E-state index is 6.56. The van der Waals surface area contributed by atoms with Crippen molar-refractivity contribution in [2.24, 2.45) is 0 Å². The van der Waals surface area contributed by atoms with Crippen LogP contribution in [0.4, 0.5) is 17.1 Å². The van der Waals surface area contributed by atoms with Crippen LogP contribution in [-0.2, 0) is 0 Å². The minimum Gasteiger partial charge on any atom is -0.457 e. The molecule has 0 saturated carbocycles. The van der Waals surface area contributed by atoms with Gasteiger partial charge in [-0.1, -0.05) is 103 Å². The predicted molar refractivity (Wildman–Crippen MR) is 209 cm³/mol. The van der Waals surface area contributed by atoms with Crippen LogP contribution in [0, 0.1) is 0 Å². The van der Waals surface area contributed by atoms with Gasteiger partial charge in [-0.25, -0.2) is 0 Å². The van der Waals surface area contributed by atoms with Crippen molar-refractivity contribution in [2.75, 3.05) is 4.90 Å². The monoisotopic (exact) mass is 673 g/mol. The Morgan fingerprint density at radius 1 is 0.423 bits per heavy atom. The molecule has 0 aliphatic rings. The van der Waals surface area contributed by atoms with Crippen molar-refractivity contribution in [3.05, 3.63) is 223 Å². The maximum absolute atomic E-state index is 6.56. The van der Waals surface area contributed by atoms with E-state index in [9.17, 15) is 0 Å². The first-order chi connectivity index (χ1) is 25.8. The Bertz CT molecular complexity index is 2330. The fraction of sp³-hybridized carbons (Fsp3) is 0.0213. The smallest absolute Gasteiger partial charge is 0.131 e. The molecule has 0 radical (unpaired) electrons. The predicted octanol–water partition coefficient (Wildman–Crippen LogP) is 12.4. The van der Waals surface area contributed by atoms with Crippen molar-refractivity contribution in [3.8, 4) is 34.3 Å². The minimum absolute atomic E-state index is 0.194. The molecule has 8 rings (SSSR count). The Hall–Kier alpha value is -6.98.